The summed E-state index contributed by atoms with van der Waals surface area (Å²) in [4.78, 5) is 11.7. The standard InChI is InChI=1S/C12H22N2O/c1-12(2)7-10(12)11(15)14-8-9-3-5-13-6-4-9/h9-10,13H,3-8H2,1-2H3,(H,14,15). The molecule has 3 nitrogen and oxygen atoms in total. The van der Waals surface area contributed by atoms with Crippen molar-refractivity contribution in [2.24, 2.45) is 17.3 Å². The number of amides is 1. The first kappa shape index (κ1) is 10.9. The Hall–Kier alpha value is -0.570. The molecular weight excluding hydrogens is 188 g/mol. The summed E-state index contributed by atoms with van der Waals surface area (Å²) in [5.41, 5.74) is 0.262. The number of rotatable bonds is 3. The molecule has 3 heteroatoms. The Morgan fingerprint density at radius 2 is 2.00 bits per heavy atom. The molecule has 86 valence electrons. The molecule has 1 amide bonds. The second-order valence-electron chi connectivity index (χ2n) is 5.68. The van der Waals surface area contributed by atoms with Crippen LogP contribution in [0.1, 0.15) is 33.1 Å². The van der Waals surface area contributed by atoms with Crippen LogP contribution < -0.4 is 10.6 Å². The minimum absolute atomic E-state index is 0.262. The van der Waals surface area contributed by atoms with E-state index in [0.29, 0.717) is 5.92 Å². The fourth-order valence-corrected chi connectivity index (χ4v) is 2.37. The average Bonchev–Trinajstić information content (AvgIpc) is 2.86. The highest BCUT2D eigenvalue weighted by Crippen LogP contribution is 2.51. The molecule has 2 fully saturated rings. The second-order valence-corrected chi connectivity index (χ2v) is 5.68. The maximum absolute atomic E-state index is 11.7. The van der Waals surface area contributed by atoms with Gasteiger partial charge >= 0.3 is 0 Å². The van der Waals surface area contributed by atoms with Crippen LogP contribution in [0, 0.1) is 17.3 Å². The number of hydrogen-bond donors (Lipinski definition) is 2. The monoisotopic (exact) mass is 210 g/mol. The van der Waals surface area contributed by atoms with Gasteiger partial charge in [0.2, 0.25) is 5.91 Å². The molecule has 2 rings (SSSR count). The van der Waals surface area contributed by atoms with E-state index >= 15 is 0 Å². The Bertz CT molecular complexity index is 244. The van der Waals surface area contributed by atoms with Crippen LogP contribution in [-0.4, -0.2) is 25.5 Å². The van der Waals surface area contributed by atoms with Crippen LogP contribution >= 0.6 is 0 Å². The molecule has 2 aliphatic rings. The SMILES string of the molecule is CC1(C)CC1C(=O)NCC1CCNCC1. The summed E-state index contributed by atoms with van der Waals surface area (Å²) in [5.74, 6) is 1.25. The van der Waals surface area contributed by atoms with Gasteiger partial charge in [0, 0.05) is 12.5 Å². The highest BCUT2D eigenvalue weighted by Gasteiger charge is 2.50. The molecule has 1 saturated heterocycles. The number of carbonyl (C=O) groups is 1. The number of nitrogens with one attached hydrogen (secondary N) is 2. The summed E-state index contributed by atoms with van der Waals surface area (Å²) in [6.45, 7) is 7.43. The van der Waals surface area contributed by atoms with Gasteiger partial charge in [0.25, 0.3) is 0 Å². The quantitative estimate of drug-likeness (QED) is 0.733. The summed E-state index contributed by atoms with van der Waals surface area (Å²) in [6, 6.07) is 0. The fraction of sp³-hybridized carbons (Fsp3) is 0.917. The van der Waals surface area contributed by atoms with E-state index in [1.54, 1.807) is 0 Å². The van der Waals surface area contributed by atoms with Gasteiger partial charge in [-0.15, -0.1) is 0 Å². The van der Waals surface area contributed by atoms with Crippen LogP contribution in [0.5, 0.6) is 0 Å². The van der Waals surface area contributed by atoms with Gasteiger partial charge in [-0.2, -0.15) is 0 Å². The Morgan fingerprint density at radius 1 is 1.40 bits per heavy atom. The molecule has 0 aromatic carbocycles. The van der Waals surface area contributed by atoms with Gasteiger partial charge in [-0.1, -0.05) is 13.8 Å². The third-order valence-electron chi connectivity index (χ3n) is 3.85. The van der Waals surface area contributed by atoms with Crippen molar-refractivity contribution in [2.45, 2.75) is 33.1 Å². The van der Waals surface area contributed by atoms with Crippen molar-refractivity contribution < 1.29 is 4.79 Å². The fourth-order valence-electron chi connectivity index (χ4n) is 2.37. The van der Waals surface area contributed by atoms with Crippen LogP contribution in [0.2, 0.25) is 0 Å². The van der Waals surface area contributed by atoms with E-state index in [1.807, 2.05) is 0 Å². The predicted molar refractivity (Wildman–Crippen MR) is 60.5 cm³/mol. The minimum Gasteiger partial charge on any atom is -0.356 e. The molecule has 1 saturated carbocycles. The maximum atomic E-state index is 11.7. The molecule has 0 aromatic rings. The van der Waals surface area contributed by atoms with Crippen molar-refractivity contribution in [3.63, 3.8) is 0 Å². The summed E-state index contributed by atoms with van der Waals surface area (Å²) in [7, 11) is 0. The van der Waals surface area contributed by atoms with E-state index < -0.39 is 0 Å². The summed E-state index contributed by atoms with van der Waals surface area (Å²) in [6.07, 6.45) is 3.47. The van der Waals surface area contributed by atoms with Gasteiger partial charge in [0.15, 0.2) is 0 Å². The molecule has 1 heterocycles. The third kappa shape index (κ3) is 2.71. The van der Waals surface area contributed by atoms with Crippen LogP contribution in [0.4, 0.5) is 0 Å². The maximum Gasteiger partial charge on any atom is 0.223 e. The Labute approximate surface area is 92.0 Å². The first-order valence-electron chi connectivity index (χ1n) is 6.08. The van der Waals surface area contributed by atoms with Crippen molar-refractivity contribution in [3.05, 3.63) is 0 Å². The second kappa shape index (κ2) is 4.12. The van der Waals surface area contributed by atoms with E-state index in [-0.39, 0.29) is 17.2 Å². The Kier molecular flexibility index (Phi) is 3.01. The van der Waals surface area contributed by atoms with E-state index in [0.717, 1.165) is 26.1 Å². The molecule has 15 heavy (non-hydrogen) atoms. The lowest BCUT2D eigenvalue weighted by Gasteiger charge is -2.22. The summed E-state index contributed by atoms with van der Waals surface area (Å²) < 4.78 is 0. The summed E-state index contributed by atoms with van der Waals surface area (Å²) >= 11 is 0. The number of hydrogen-bond acceptors (Lipinski definition) is 2. The van der Waals surface area contributed by atoms with Crippen LogP contribution in [0.3, 0.4) is 0 Å². The zero-order valence-electron chi connectivity index (χ0n) is 9.81. The first-order valence-corrected chi connectivity index (χ1v) is 6.08. The van der Waals surface area contributed by atoms with E-state index in [9.17, 15) is 4.79 Å². The molecule has 0 radical (unpaired) electrons. The van der Waals surface area contributed by atoms with Gasteiger partial charge in [-0.05, 0) is 43.7 Å². The largest absolute Gasteiger partial charge is 0.356 e. The molecule has 0 bridgehead atoms. The highest BCUT2D eigenvalue weighted by atomic mass is 16.2. The van der Waals surface area contributed by atoms with Crippen molar-refractivity contribution in [1.82, 2.24) is 10.6 Å². The van der Waals surface area contributed by atoms with Gasteiger partial charge in [0.1, 0.15) is 0 Å². The zero-order valence-corrected chi connectivity index (χ0v) is 9.81. The first-order chi connectivity index (χ1) is 7.09. The lowest BCUT2D eigenvalue weighted by molar-refractivity contribution is -0.123. The molecule has 1 atom stereocenters. The van der Waals surface area contributed by atoms with Crippen LogP contribution in [-0.2, 0) is 4.79 Å². The van der Waals surface area contributed by atoms with Gasteiger partial charge in [-0.25, -0.2) is 0 Å². The summed E-state index contributed by atoms with van der Waals surface area (Å²) in [5, 5.41) is 6.44. The molecule has 1 aliphatic heterocycles. The molecule has 1 unspecified atom stereocenters. The van der Waals surface area contributed by atoms with Gasteiger partial charge in [-0.3, -0.25) is 4.79 Å². The third-order valence-corrected chi connectivity index (χ3v) is 3.85. The molecule has 1 aliphatic carbocycles. The number of piperidine rings is 1. The van der Waals surface area contributed by atoms with Crippen molar-refractivity contribution in [1.29, 1.82) is 0 Å². The van der Waals surface area contributed by atoms with Crippen molar-refractivity contribution in [3.8, 4) is 0 Å². The predicted octanol–water partition coefficient (Wildman–Crippen LogP) is 1.15. The van der Waals surface area contributed by atoms with E-state index in [1.165, 1.54) is 12.8 Å². The zero-order chi connectivity index (χ0) is 10.9. The van der Waals surface area contributed by atoms with Crippen molar-refractivity contribution >= 4 is 5.91 Å². The molecule has 0 spiro atoms. The van der Waals surface area contributed by atoms with Gasteiger partial charge < -0.3 is 10.6 Å². The van der Waals surface area contributed by atoms with E-state index in [2.05, 4.69) is 24.5 Å². The number of carbonyl (C=O) groups excluding carboxylic acids is 1. The normalized spacial score (nSPS) is 29.9. The molecule has 0 aromatic heterocycles. The molecule has 2 N–H and O–H groups in total. The topological polar surface area (TPSA) is 41.1 Å². The lowest BCUT2D eigenvalue weighted by Crippen LogP contribution is -2.36. The Balaban J connectivity index is 1.67. The average molecular weight is 210 g/mol. The lowest BCUT2D eigenvalue weighted by atomic mass is 9.98. The van der Waals surface area contributed by atoms with E-state index in [4.69, 9.17) is 0 Å². The van der Waals surface area contributed by atoms with Crippen LogP contribution in [0.15, 0.2) is 0 Å². The van der Waals surface area contributed by atoms with Crippen LogP contribution in [0.25, 0.3) is 0 Å². The molecular formula is C12H22N2O. The Morgan fingerprint density at radius 3 is 2.53 bits per heavy atom. The van der Waals surface area contributed by atoms with Gasteiger partial charge in [0.05, 0.1) is 0 Å². The smallest absolute Gasteiger partial charge is 0.223 e. The minimum atomic E-state index is 0.262. The van der Waals surface area contributed by atoms with Crippen molar-refractivity contribution in [2.75, 3.05) is 19.6 Å². The highest BCUT2D eigenvalue weighted by molar-refractivity contribution is 5.82.